The Labute approximate surface area is 119 Å². The van der Waals surface area contributed by atoms with Crippen molar-refractivity contribution in [3.63, 3.8) is 0 Å². The topological polar surface area (TPSA) is 122 Å². The highest BCUT2D eigenvalue weighted by molar-refractivity contribution is 5.63. The maximum absolute atomic E-state index is 10.9. The lowest BCUT2D eigenvalue weighted by Crippen LogP contribution is -2.04. The van der Waals surface area contributed by atoms with Gasteiger partial charge in [0.05, 0.1) is 9.85 Å². The normalized spacial score (nSPS) is 10.1. The van der Waals surface area contributed by atoms with E-state index in [2.05, 4.69) is 0 Å². The SMILES string of the molecule is Nc1c(COc2ccccc2[N+](=O)[O-])cccc1[N+](=O)[O-]. The van der Waals surface area contributed by atoms with Gasteiger partial charge in [-0.2, -0.15) is 0 Å². The van der Waals surface area contributed by atoms with Crippen LogP contribution in [0.5, 0.6) is 5.75 Å². The van der Waals surface area contributed by atoms with Crippen LogP contribution in [0.3, 0.4) is 0 Å². The molecule has 0 atom stereocenters. The fourth-order valence-electron chi connectivity index (χ4n) is 1.77. The third-order valence-electron chi connectivity index (χ3n) is 2.82. The molecule has 0 fully saturated rings. The van der Waals surface area contributed by atoms with E-state index >= 15 is 0 Å². The summed E-state index contributed by atoms with van der Waals surface area (Å²) in [5, 5.41) is 21.6. The first-order chi connectivity index (χ1) is 10.0. The first-order valence-electron chi connectivity index (χ1n) is 5.88. The molecule has 0 unspecified atom stereocenters. The van der Waals surface area contributed by atoms with Gasteiger partial charge in [0, 0.05) is 17.7 Å². The molecule has 0 spiro atoms. The summed E-state index contributed by atoms with van der Waals surface area (Å²) in [4.78, 5) is 20.5. The summed E-state index contributed by atoms with van der Waals surface area (Å²) in [7, 11) is 0. The molecule has 0 aromatic heterocycles. The molecule has 2 aromatic carbocycles. The van der Waals surface area contributed by atoms with Gasteiger partial charge in [-0.15, -0.1) is 0 Å². The zero-order chi connectivity index (χ0) is 15.4. The van der Waals surface area contributed by atoms with E-state index in [1.807, 2.05) is 0 Å². The van der Waals surface area contributed by atoms with Crippen LogP contribution < -0.4 is 10.5 Å². The van der Waals surface area contributed by atoms with Crippen molar-refractivity contribution in [3.05, 3.63) is 68.3 Å². The first-order valence-corrected chi connectivity index (χ1v) is 5.88. The summed E-state index contributed by atoms with van der Waals surface area (Å²) in [5.74, 6) is 0.0772. The lowest BCUT2D eigenvalue weighted by molar-refractivity contribution is -0.385. The number of rotatable bonds is 5. The molecule has 2 rings (SSSR count). The Hall–Kier alpha value is -3.16. The van der Waals surface area contributed by atoms with Crippen molar-refractivity contribution in [1.29, 1.82) is 0 Å². The number of anilines is 1. The van der Waals surface area contributed by atoms with Crippen molar-refractivity contribution in [2.45, 2.75) is 6.61 Å². The van der Waals surface area contributed by atoms with Gasteiger partial charge < -0.3 is 10.5 Å². The van der Waals surface area contributed by atoms with E-state index in [0.29, 0.717) is 5.56 Å². The quantitative estimate of drug-likeness (QED) is 0.513. The lowest BCUT2D eigenvalue weighted by Gasteiger charge is -2.08. The average molecular weight is 289 g/mol. The molecule has 0 radical (unpaired) electrons. The molecule has 0 amide bonds. The Balaban J connectivity index is 2.23. The lowest BCUT2D eigenvalue weighted by atomic mass is 10.1. The number of para-hydroxylation sites is 3. The molecule has 0 aliphatic carbocycles. The van der Waals surface area contributed by atoms with E-state index in [1.165, 1.54) is 30.3 Å². The van der Waals surface area contributed by atoms with E-state index < -0.39 is 9.85 Å². The minimum absolute atomic E-state index is 0.0129. The van der Waals surface area contributed by atoms with Gasteiger partial charge in [-0.1, -0.05) is 24.3 Å². The molecule has 0 aliphatic heterocycles. The number of nitro groups is 2. The predicted molar refractivity (Wildman–Crippen MR) is 74.9 cm³/mol. The maximum atomic E-state index is 10.9. The van der Waals surface area contributed by atoms with Gasteiger partial charge in [-0.3, -0.25) is 20.2 Å². The van der Waals surface area contributed by atoms with Crippen LogP contribution in [0, 0.1) is 20.2 Å². The summed E-state index contributed by atoms with van der Waals surface area (Å²) in [6.45, 7) is -0.0988. The molecule has 108 valence electrons. The molecule has 0 aliphatic rings. The predicted octanol–water partition coefficient (Wildman–Crippen LogP) is 2.66. The molecule has 8 heteroatoms. The van der Waals surface area contributed by atoms with Crippen molar-refractivity contribution in [1.82, 2.24) is 0 Å². The van der Waals surface area contributed by atoms with Crippen LogP contribution in [0.15, 0.2) is 42.5 Å². The third-order valence-corrected chi connectivity index (χ3v) is 2.82. The number of hydrogen-bond donors (Lipinski definition) is 1. The molecule has 2 N–H and O–H groups in total. The summed E-state index contributed by atoms with van der Waals surface area (Å²) in [6.07, 6.45) is 0. The summed E-state index contributed by atoms with van der Waals surface area (Å²) >= 11 is 0. The molecule has 8 nitrogen and oxygen atoms in total. The molecule has 2 aromatic rings. The molecular formula is C13H11N3O5. The standard InChI is InChI=1S/C13H11N3O5/c14-13-9(4-3-6-11(13)16(19)20)8-21-12-7-2-1-5-10(12)15(17)18/h1-7H,8,14H2. The Kier molecular flexibility index (Phi) is 3.98. The molecule has 21 heavy (non-hydrogen) atoms. The molecule has 0 saturated heterocycles. The van der Waals surface area contributed by atoms with Crippen molar-refractivity contribution < 1.29 is 14.6 Å². The smallest absolute Gasteiger partial charge is 0.310 e. The number of nitro benzene ring substituents is 2. The number of nitrogens with zero attached hydrogens (tertiary/aromatic N) is 2. The van der Waals surface area contributed by atoms with Gasteiger partial charge in [-0.25, -0.2) is 0 Å². The van der Waals surface area contributed by atoms with Crippen LogP contribution in [-0.4, -0.2) is 9.85 Å². The van der Waals surface area contributed by atoms with Crippen LogP contribution in [-0.2, 0) is 6.61 Å². The third kappa shape index (κ3) is 3.06. The molecular weight excluding hydrogens is 278 g/mol. The summed E-state index contributed by atoms with van der Waals surface area (Å²) in [5.41, 5.74) is 5.67. The Morgan fingerprint density at radius 1 is 0.952 bits per heavy atom. The molecule has 0 saturated carbocycles. The van der Waals surface area contributed by atoms with Crippen LogP contribution in [0.4, 0.5) is 17.1 Å². The first kappa shape index (κ1) is 14.3. The monoisotopic (exact) mass is 289 g/mol. The fourth-order valence-corrected chi connectivity index (χ4v) is 1.77. The summed E-state index contributed by atoms with van der Waals surface area (Å²) in [6, 6.07) is 10.2. The van der Waals surface area contributed by atoms with Gasteiger partial charge in [0.25, 0.3) is 5.69 Å². The Bertz CT molecular complexity index is 702. The molecule has 0 bridgehead atoms. The second-order valence-corrected chi connectivity index (χ2v) is 4.12. The number of hydrogen-bond acceptors (Lipinski definition) is 6. The van der Waals surface area contributed by atoms with Crippen molar-refractivity contribution in [2.75, 3.05) is 5.73 Å². The van der Waals surface area contributed by atoms with E-state index in [-0.39, 0.29) is 29.4 Å². The van der Waals surface area contributed by atoms with Gasteiger partial charge >= 0.3 is 5.69 Å². The van der Waals surface area contributed by atoms with E-state index in [0.717, 1.165) is 0 Å². The van der Waals surface area contributed by atoms with Crippen LogP contribution in [0.1, 0.15) is 5.56 Å². The number of nitrogen functional groups attached to an aromatic ring is 1. The number of benzene rings is 2. The van der Waals surface area contributed by atoms with Gasteiger partial charge in [0.2, 0.25) is 0 Å². The maximum Gasteiger partial charge on any atom is 0.310 e. The average Bonchev–Trinajstić information content (AvgIpc) is 2.46. The largest absolute Gasteiger partial charge is 0.482 e. The minimum Gasteiger partial charge on any atom is -0.482 e. The zero-order valence-electron chi connectivity index (χ0n) is 10.8. The van der Waals surface area contributed by atoms with Gasteiger partial charge in [0.1, 0.15) is 12.3 Å². The fraction of sp³-hybridized carbons (Fsp3) is 0.0769. The van der Waals surface area contributed by atoms with Crippen LogP contribution >= 0.6 is 0 Å². The van der Waals surface area contributed by atoms with Crippen molar-refractivity contribution >= 4 is 17.1 Å². The second-order valence-electron chi connectivity index (χ2n) is 4.12. The Morgan fingerprint density at radius 2 is 1.57 bits per heavy atom. The van der Waals surface area contributed by atoms with E-state index in [9.17, 15) is 20.2 Å². The highest BCUT2D eigenvalue weighted by Crippen LogP contribution is 2.29. The minimum atomic E-state index is -0.593. The van der Waals surface area contributed by atoms with Crippen LogP contribution in [0.25, 0.3) is 0 Å². The second kappa shape index (κ2) is 5.87. The van der Waals surface area contributed by atoms with E-state index in [1.54, 1.807) is 12.1 Å². The van der Waals surface area contributed by atoms with Gasteiger partial charge in [0.15, 0.2) is 5.75 Å². The summed E-state index contributed by atoms with van der Waals surface area (Å²) < 4.78 is 5.36. The van der Waals surface area contributed by atoms with Gasteiger partial charge in [-0.05, 0) is 6.07 Å². The highest BCUT2D eigenvalue weighted by Gasteiger charge is 2.17. The van der Waals surface area contributed by atoms with Crippen LogP contribution in [0.2, 0.25) is 0 Å². The highest BCUT2D eigenvalue weighted by atomic mass is 16.6. The number of ether oxygens (including phenoxy) is 1. The van der Waals surface area contributed by atoms with E-state index in [4.69, 9.17) is 10.5 Å². The van der Waals surface area contributed by atoms with Crippen molar-refractivity contribution in [2.24, 2.45) is 0 Å². The number of nitrogens with two attached hydrogens (primary N) is 1. The van der Waals surface area contributed by atoms with Crippen molar-refractivity contribution in [3.8, 4) is 5.75 Å². The molecule has 0 heterocycles. The zero-order valence-corrected chi connectivity index (χ0v) is 10.8. The Morgan fingerprint density at radius 3 is 2.24 bits per heavy atom.